The van der Waals surface area contributed by atoms with Gasteiger partial charge in [0.2, 0.25) is 0 Å². The summed E-state index contributed by atoms with van der Waals surface area (Å²) >= 11 is 0. The number of aryl methyl sites for hydroxylation is 1. The van der Waals surface area contributed by atoms with Gasteiger partial charge >= 0.3 is 0 Å². The normalized spacial score (nSPS) is 31.9. The third-order valence-electron chi connectivity index (χ3n) is 4.60. The molecule has 0 N–H and O–H groups in total. The van der Waals surface area contributed by atoms with Crippen molar-refractivity contribution < 1.29 is 0 Å². The maximum Gasteiger partial charge on any atom is 0.0305 e. The Morgan fingerprint density at radius 1 is 1.36 bits per heavy atom. The second-order valence-corrected chi connectivity index (χ2v) is 5.53. The van der Waals surface area contributed by atoms with Crippen LogP contribution in [-0.2, 0) is 6.42 Å². The van der Waals surface area contributed by atoms with Crippen molar-refractivity contribution in [1.82, 2.24) is 4.98 Å². The Balaban J connectivity index is 2.16. The van der Waals surface area contributed by atoms with Crippen molar-refractivity contribution in [3.8, 4) is 0 Å². The molecule has 0 saturated heterocycles. The molecule has 74 valence electrons. The quantitative estimate of drug-likeness (QED) is 0.608. The standard InChI is InChI=1S/C13H17N/c1-8-6-14-7-11-10(8)4-9-5-12(11)13(9,2)3/h6-7,9,12H,4-5H2,1-3H3. The van der Waals surface area contributed by atoms with Crippen LogP contribution in [0.3, 0.4) is 0 Å². The highest BCUT2D eigenvalue weighted by Crippen LogP contribution is 2.62. The van der Waals surface area contributed by atoms with E-state index in [0.717, 1.165) is 11.8 Å². The van der Waals surface area contributed by atoms with E-state index in [1.165, 1.54) is 24.0 Å². The van der Waals surface area contributed by atoms with Crippen LogP contribution in [0.25, 0.3) is 0 Å². The van der Waals surface area contributed by atoms with Gasteiger partial charge in [0.15, 0.2) is 0 Å². The van der Waals surface area contributed by atoms with Crippen LogP contribution in [0.1, 0.15) is 42.9 Å². The number of pyridine rings is 1. The fraction of sp³-hybridized carbons (Fsp3) is 0.615. The summed E-state index contributed by atoms with van der Waals surface area (Å²) in [5, 5.41) is 0. The van der Waals surface area contributed by atoms with Gasteiger partial charge in [0.1, 0.15) is 0 Å². The van der Waals surface area contributed by atoms with Crippen molar-refractivity contribution in [1.29, 1.82) is 0 Å². The molecule has 3 aliphatic carbocycles. The second-order valence-electron chi connectivity index (χ2n) is 5.53. The monoisotopic (exact) mass is 187 g/mol. The Morgan fingerprint density at radius 3 is 2.86 bits per heavy atom. The first kappa shape index (κ1) is 8.46. The average Bonchev–Trinajstić information content (AvgIpc) is 2.17. The van der Waals surface area contributed by atoms with Gasteiger partial charge in [-0.3, -0.25) is 4.98 Å². The molecule has 1 saturated carbocycles. The van der Waals surface area contributed by atoms with Gasteiger partial charge in [-0.1, -0.05) is 13.8 Å². The molecular formula is C13H17N. The number of rotatable bonds is 0. The first-order valence-electron chi connectivity index (χ1n) is 5.54. The van der Waals surface area contributed by atoms with E-state index in [2.05, 4.69) is 32.0 Å². The van der Waals surface area contributed by atoms with Crippen molar-refractivity contribution in [2.45, 2.75) is 39.5 Å². The van der Waals surface area contributed by atoms with Crippen molar-refractivity contribution in [3.05, 3.63) is 29.1 Å². The molecule has 1 heterocycles. The summed E-state index contributed by atoms with van der Waals surface area (Å²) in [5.74, 6) is 1.70. The smallest absolute Gasteiger partial charge is 0.0305 e. The van der Waals surface area contributed by atoms with Gasteiger partial charge in [-0.25, -0.2) is 0 Å². The Kier molecular flexibility index (Phi) is 1.44. The van der Waals surface area contributed by atoms with Gasteiger partial charge in [0.05, 0.1) is 0 Å². The summed E-state index contributed by atoms with van der Waals surface area (Å²) in [4.78, 5) is 4.34. The molecule has 1 fully saturated rings. The third kappa shape index (κ3) is 0.832. The van der Waals surface area contributed by atoms with Gasteiger partial charge in [0.25, 0.3) is 0 Å². The van der Waals surface area contributed by atoms with Crippen molar-refractivity contribution in [2.24, 2.45) is 11.3 Å². The van der Waals surface area contributed by atoms with Gasteiger partial charge in [-0.15, -0.1) is 0 Å². The topological polar surface area (TPSA) is 12.9 Å². The second kappa shape index (κ2) is 2.39. The predicted octanol–water partition coefficient (Wildman–Crippen LogP) is 3.08. The molecular weight excluding hydrogens is 170 g/mol. The maximum atomic E-state index is 4.34. The minimum atomic E-state index is 0.530. The molecule has 2 unspecified atom stereocenters. The lowest BCUT2D eigenvalue weighted by atomic mass is 9.47. The van der Waals surface area contributed by atoms with Crippen LogP contribution in [0, 0.1) is 18.3 Å². The minimum absolute atomic E-state index is 0.530. The average molecular weight is 187 g/mol. The number of nitrogens with zero attached hydrogens (tertiary/aromatic N) is 1. The minimum Gasteiger partial charge on any atom is -0.264 e. The summed E-state index contributed by atoms with van der Waals surface area (Å²) in [5.41, 5.74) is 5.06. The molecule has 0 spiro atoms. The lowest BCUT2D eigenvalue weighted by molar-refractivity contribution is 0.0180. The Hall–Kier alpha value is -0.850. The van der Waals surface area contributed by atoms with Crippen LogP contribution in [0.4, 0.5) is 0 Å². The number of hydrogen-bond donors (Lipinski definition) is 0. The summed E-state index contributed by atoms with van der Waals surface area (Å²) in [6, 6.07) is 0. The van der Waals surface area contributed by atoms with Crippen LogP contribution >= 0.6 is 0 Å². The fourth-order valence-electron chi connectivity index (χ4n) is 3.33. The molecule has 3 aliphatic rings. The SMILES string of the molecule is Cc1cncc2c1CC1CC2C1(C)C. The maximum absolute atomic E-state index is 4.34. The van der Waals surface area contributed by atoms with Gasteiger partial charge in [0, 0.05) is 12.4 Å². The highest BCUT2D eigenvalue weighted by atomic mass is 14.7. The van der Waals surface area contributed by atoms with E-state index in [0.29, 0.717) is 5.41 Å². The highest BCUT2D eigenvalue weighted by Gasteiger charge is 2.52. The van der Waals surface area contributed by atoms with Crippen LogP contribution in [0.5, 0.6) is 0 Å². The molecule has 1 heteroatoms. The first-order chi connectivity index (χ1) is 6.60. The van der Waals surface area contributed by atoms with Crippen molar-refractivity contribution >= 4 is 0 Å². The van der Waals surface area contributed by atoms with E-state index in [9.17, 15) is 0 Å². The molecule has 0 aromatic carbocycles. The van der Waals surface area contributed by atoms with E-state index >= 15 is 0 Å². The lowest BCUT2D eigenvalue weighted by Gasteiger charge is -2.57. The van der Waals surface area contributed by atoms with Crippen molar-refractivity contribution in [2.75, 3.05) is 0 Å². The van der Waals surface area contributed by atoms with Crippen molar-refractivity contribution in [3.63, 3.8) is 0 Å². The summed E-state index contributed by atoms with van der Waals surface area (Å²) < 4.78 is 0. The molecule has 0 amide bonds. The summed E-state index contributed by atoms with van der Waals surface area (Å²) in [6.45, 7) is 7.03. The third-order valence-corrected chi connectivity index (χ3v) is 4.60. The fourth-order valence-corrected chi connectivity index (χ4v) is 3.33. The molecule has 2 bridgehead atoms. The summed E-state index contributed by atoms with van der Waals surface area (Å²) in [6.07, 6.45) is 6.79. The van der Waals surface area contributed by atoms with E-state index < -0.39 is 0 Å². The molecule has 14 heavy (non-hydrogen) atoms. The molecule has 0 aliphatic heterocycles. The molecule has 1 aromatic heterocycles. The molecule has 0 radical (unpaired) electrons. The van der Waals surface area contributed by atoms with Crippen LogP contribution in [0.15, 0.2) is 12.4 Å². The van der Waals surface area contributed by atoms with Crippen LogP contribution < -0.4 is 0 Å². The number of hydrogen-bond acceptors (Lipinski definition) is 1. The van der Waals surface area contributed by atoms with E-state index in [1.54, 1.807) is 5.56 Å². The molecule has 1 nitrogen and oxygen atoms in total. The zero-order valence-electron chi connectivity index (χ0n) is 9.17. The zero-order valence-corrected chi connectivity index (χ0v) is 9.17. The van der Waals surface area contributed by atoms with E-state index in [1.807, 2.05) is 6.20 Å². The Morgan fingerprint density at radius 2 is 2.14 bits per heavy atom. The largest absolute Gasteiger partial charge is 0.264 e. The first-order valence-corrected chi connectivity index (χ1v) is 5.54. The zero-order chi connectivity index (χ0) is 9.92. The van der Waals surface area contributed by atoms with E-state index in [-0.39, 0.29) is 0 Å². The van der Waals surface area contributed by atoms with Gasteiger partial charge < -0.3 is 0 Å². The Bertz CT molecular complexity index is 392. The van der Waals surface area contributed by atoms with Crippen LogP contribution in [-0.4, -0.2) is 4.98 Å². The number of aromatic nitrogens is 1. The van der Waals surface area contributed by atoms with E-state index in [4.69, 9.17) is 0 Å². The predicted molar refractivity (Wildman–Crippen MR) is 57.3 cm³/mol. The summed E-state index contributed by atoms with van der Waals surface area (Å²) in [7, 11) is 0. The molecule has 2 atom stereocenters. The van der Waals surface area contributed by atoms with Gasteiger partial charge in [-0.2, -0.15) is 0 Å². The van der Waals surface area contributed by atoms with Crippen LogP contribution in [0.2, 0.25) is 0 Å². The molecule has 1 aromatic rings. The molecule has 4 rings (SSSR count). The van der Waals surface area contributed by atoms with Gasteiger partial charge in [-0.05, 0) is 53.7 Å². The lowest BCUT2D eigenvalue weighted by Crippen LogP contribution is -2.48. The highest BCUT2D eigenvalue weighted by molar-refractivity contribution is 5.41. The Labute approximate surface area is 85.6 Å².